The molecule has 0 bridgehead atoms. The number of nitrogens with one attached hydrogen (secondary N) is 3. The monoisotopic (exact) mass is 301 g/mol. The summed E-state index contributed by atoms with van der Waals surface area (Å²) in [4.78, 5) is 12.3. The Labute approximate surface area is 124 Å². The Morgan fingerprint density at radius 3 is 3.00 bits per heavy atom. The SMILES string of the molecule is C[C@H](NC(=O)c1cn[nH]c1-c1cccc(F)c1)c1nn[nH]n1. The fourth-order valence-electron chi connectivity index (χ4n) is 2.01. The van der Waals surface area contributed by atoms with Gasteiger partial charge < -0.3 is 5.32 Å². The average molecular weight is 301 g/mol. The quantitative estimate of drug-likeness (QED) is 0.670. The Balaban J connectivity index is 1.84. The largest absolute Gasteiger partial charge is 0.342 e. The molecular formula is C13H12FN7O. The van der Waals surface area contributed by atoms with Crippen molar-refractivity contribution in [3.8, 4) is 11.3 Å². The first-order valence-electron chi connectivity index (χ1n) is 6.48. The number of hydrogen-bond acceptors (Lipinski definition) is 5. The molecule has 8 nitrogen and oxygen atoms in total. The second-order valence-corrected chi connectivity index (χ2v) is 4.63. The first-order valence-corrected chi connectivity index (χ1v) is 6.48. The second kappa shape index (κ2) is 5.72. The number of carbonyl (C=O) groups excluding carboxylic acids is 1. The molecule has 112 valence electrons. The Bertz CT molecular complexity index is 783. The molecule has 0 aliphatic heterocycles. The lowest BCUT2D eigenvalue weighted by molar-refractivity contribution is 0.0939. The van der Waals surface area contributed by atoms with E-state index in [2.05, 4.69) is 36.1 Å². The molecule has 0 spiro atoms. The van der Waals surface area contributed by atoms with Crippen molar-refractivity contribution < 1.29 is 9.18 Å². The van der Waals surface area contributed by atoms with Crippen LogP contribution < -0.4 is 5.32 Å². The molecule has 22 heavy (non-hydrogen) atoms. The number of benzene rings is 1. The van der Waals surface area contributed by atoms with Gasteiger partial charge in [0.05, 0.1) is 23.5 Å². The van der Waals surface area contributed by atoms with E-state index in [0.29, 0.717) is 22.6 Å². The van der Waals surface area contributed by atoms with E-state index in [1.165, 1.54) is 18.3 Å². The number of hydrogen-bond donors (Lipinski definition) is 3. The van der Waals surface area contributed by atoms with Crippen LogP contribution in [0.4, 0.5) is 4.39 Å². The molecule has 0 unspecified atom stereocenters. The normalized spacial score (nSPS) is 12.1. The number of carbonyl (C=O) groups is 1. The van der Waals surface area contributed by atoms with Gasteiger partial charge in [0.2, 0.25) is 0 Å². The minimum atomic E-state index is -0.429. The Hall–Kier alpha value is -3.10. The van der Waals surface area contributed by atoms with Gasteiger partial charge in [-0.15, -0.1) is 10.2 Å². The van der Waals surface area contributed by atoms with Gasteiger partial charge in [-0.1, -0.05) is 17.3 Å². The predicted molar refractivity (Wildman–Crippen MR) is 74.0 cm³/mol. The summed E-state index contributed by atoms with van der Waals surface area (Å²) in [5, 5.41) is 22.7. The van der Waals surface area contributed by atoms with E-state index in [0.717, 1.165) is 0 Å². The molecule has 3 rings (SSSR count). The molecule has 9 heteroatoms. The number of amides is 1. The first kappa shape index (κ1) is 13.9. The van der Waals surface area contributed by atoms with Crippen molar-refractivity contribution >= 4 is 5.91 Å². The van der Waals surface area contributed by atoms with Crippen LogP contribution in [0.15, 0.2) is 30.5 Å². The molecule has 1 aromatic carbocycles. The number of aromatic amines is 2. The van der Waals surface area contributed by atoms with E-state index in [-0.39, 0.29) is 5.91 Å². The van der Waals surface area contributed by atoms with Gasteiger partial charge in [-0.05, 0) is 19.1 Å². The van der Waals surface area contributed by atoms with E-state index in [9.17, 15) is 9.18 Å². The van der Waals surface area contributed by atoms with Crippen molar-refractivity contribution in [3.05, 3.63) is 47.7 Å². The zero-order chi connectivity index (χ0) is 15.5. The molecule has 2 heterocycles. The zero-order valence-electron chi connectivity index (χ0n) is 11.5. The Kier molecular flexibility index (Phi) is 3.60. The van der Waals surface area contributed by atoms with E-state index in [1.54, 1.807) is 19.1 Å². The summed E-state index contributed by atoms with van der Waals surface area (Å²) in [6.45, 7) is 1.73. The summed E-state index contributed by atoms with van der Waals surface area (Å²) in [5.41, 5.74) is 1.29. The summed E-state index contributed by atoms with van der Waals surface area (Å²) in [6.07, 6.45) is 1.39. The van der Waals surface area contributed by atoms with Crippen molar-refractivity contribution in [1.29, 1.82) is 0 Å². The maximum absolute atomic E-state index is 13.3. The molecule has 0 saturated heterocycles. The first-order chi connectivity index (χ1) is 10.6. The molecule has 1 amide bonds. The molecule has 3 aromatic rings. The van der Waals surface area contributed by atoms with Crippen LogP contribution in [0.3, 0.4) is 0 Å². The van der Waals surface area contributed by atoms with Crippen LogP contribution in [-0.4, -0.2) is 36.7 Å². The van der Waals surface area contributed by atoms with Gasteiger partial charge in [0.15, 0.2) is 5.82 Å². The number of halogens is 1. The van der Waals surface area contributed by atoms with Gasteiger partial charge in [0.1, 0.15) is 5.82 Å². The number of H-pyrrole nitrogens is 2. The van der Waals surface area contributed by atoms with Crippen molar-refractivity contribution in [2.75, 3.05) is 0 Å². The second-order valence-electron chi connectivity index (χ2n) is 4.63. The summed E-state index contributed by atoms with van der Waals surface area (Å²) < 4.78 is 13.3. The maximum Gasteiger partial charge on any atom is 0.255 e. The molecule has 0 radical (unpaired) electrons. The third-order valence-electron chi connectivity index (χ3n) is 3.09. The topological polar surface area (TPSA) is 112 Å². The lowest BCUT2D eigenvalue weighted by Gasteiger charge is -2.10. The smallest absolute Gasteiger partial charge is 0.255 e. The van der Waals surface area contributed by atoms with Gasteiger partial charge in [-0.25, -0.2) is 4.39 Å². The Morgan fingerprint density at radius 2 is 2.27 bits per heavy atom. The van der Waals surface area contributed by atoms with Crippen LogP contribution in [0.5, 0.6) is 0 Å². The maximum atomic E-state index is 13.3. The number of rotatable bonds is 4. The highest BCUT2D eigenvalue weighted by molar-refractivity contribution is 5.99. The number of nitrogens with zero attached hydrogens (tertiary/aromatic N) is 4. The average Bonchev–Trinajstić information content (AvgIpc) is 3.18. The predicted octanol–water partition coefficient (Wildman–Crippen LogP) is 1.22. The molecule has 3 N–H and O–H groups in total. The lowest BCUT2D eigenvalue weighted by Crippen LogP contribution is -2.27. The highest BCUT2D eigenvalue weighted by Crippen LogP contribution is 2.22. The van der Waals surface area contributed by atoms with E-state index in [1.807, 2.05) is 0 Å². The molecule has 0 saturated carbocycles. The molecule has 1 atom stereocenters. The molecule has 0 aliphatic rings. The molecule has 0 aliphatic carbocycles. The van der Waals surface area contributed by atoms with Gasteiger partial charge in [0.25, 0.3) is 5.91 Å². The van der Waals surface area contributed by atoms with Gasteiger partial charge in [-0.3, -0.25) is 9.89 Å². The minimum Gasteiger partial charge on any atom is -0.342 e. The fraction of sp³-hybridized carbons (Fsp3) is 0.154. The third-order valence-corrected chi connectivity index (χ3v) is 3.09. The number of aromatic nitrogens is 6. The molecule has 2 aromatic heterocycles. The van der Waals surface area contributed by atoms with Crippen LogP contribution in [0.2, 0.25) is 0 Å². The van der Waals surface area contributed by atoms with E-state index >= 15 is 0 Å². The van der Waals surface area contributed by atoms with Crippen LogP contribution in [-0.2, 0) is 0 Å². The summed E-state index contributed by atoms with van der Waals surface area (Å²) >= 11 is 0. The molecular weight excluding hydrogens is 289 g/mol. The highest BCUT2D eigenvalue weighted by Gasteiger charge is 2.19. The van der Waals surface area contributed by atoms with Crippen LogP contribution in [0, 0.1) is 5.82 Å². The van der Waals surface area contributed by atoms with Crippen molar-refractivity contribution in [2.24, 2.45) is 0 Å². The van der Waals surface area contributed by atoms with Gasteiger partial charge >= 0.3 is 0 Å². The minimum absolute atomic E-state index is 0.306. The van der Waals surface area contributed by atoms with E-state index < -0.39 is 11.9 Å². The van der Waals surface area contributed by atoms with E-state index in [4.69, 9.17) is 0 Å². The van der Waals surface area contributed by atoms with Crippen molar-refractivity contribution in [1.82, 2.24) is 36.1 Å². The molecule has 0 fully saturated rings. The van der Waals surface area contributed by atoms with Crippen LogP contribution in [0.25, 0.3) is 11.3 Å². The van der Waals surface area contributed by atoms with Crippen molar-refractivity contribution in [3.63, 3.8) is 0 Å². The third kappa shape index (κ3) is 2.68. The summed E-state index contributed by atoms with van der Waals surface area (Å²) in [7, 11) is 0. The van der Waals surface area contributed by atoms with Gasteiger partial charge in [-0.2, -0.15) is 10.3 Å². The lowest BCUT2D eigenvalue weighted by atomic mass is 10.1. The summed E-state index contributed by atoms with van der Waals surface area (Å²) in [6, 6.07) is 5.48. The van der Waals surface area contributed by atoms with Crippen LogP contribution in [0.1, 0.15) is 29.1 Å². The highest BCUT2D eigenvalue weighted by atomic mass is 19.1. The van der Waals surface area contributed by atoms with Gasteiger partial charge in [0, 0.05) is 5.56 Å². The van der Waals surface area contributed by atoms with Crippen LogP contribution >= 0.6 is 0 Å². The fourth-order valence-corrected chi connectivity index (χ4v) is 2.01. The number of tetrazole rings is 1. The van der Waals surface area contributed by atoms with Crippen molar-refractivity contribution in [2.45, 2.75) is 13.0 Å². The zero-order valence-corrected chi connectivity index (χ0v) is 11.5. The standard InChI is InChI=1S/C13H12FN7O/c1-7(12-18-20-21-19-12)16-13(22)10-6-15-17-11(10)8-3-2-4-9(14)5-8/h2-7H,1H3,(H,15,17)(H,16,22)(H,18,19,20,21)/t7-/m0/s1. The Morgan fingerprint density at radius 1 is 1.41 bits per heavy atom. The summed E-state index contributed by atoms with van der Waals surface area (Å²) in [5.74, 6) is -0.395.